The Labute approximate surface area is 175 Å². The molecule has 3 saturated carbocycles. The summed E-state index contributed by atoms with van der Waals surface area (Å²) in [5, 5.41) is 10.7. The monoisotopic (exact) mass is 401 g/mol. The topological polar surface area (TPSA) is 63.3 Å². The fourth-order valence-electron chi connectivity index (χ4n) is 7.66. The van der Waals surface area contributed by atoms with Gasteiger partial charge in [-0.25, -0.2) is 4.98 Å². The Balaban J connectivity index is 1.40. The van der Waals surface area contributed by atoms with Crippen molar-refractivity contribution >= 4 is 5.78 Å². The van der Waals surface area contributed by atoms with Crippen LogP contribution >= 0.6 is 0 Å². The summed E-state index contributed by atoms with van der Waals surface area (Å²) in [4.78, 5) is 17.2. The Morgan fingerprint density at radius 2 is 2.14 bits per heavy atom. The van der Waals surface area contributed by atoms with Gasteiger partial charge < -0.3 is 9.52 Å². The molecule has 0 radical (unpaired) electrons. The first-order chi connectivity index (χ1) is 13.8. The number of Topliss-reactive ketones (excluding diaryl/α,β-unsaturated/α-hetero) is 1. The van der Waals surface area contributed by atoms with Crippen LogP contribution in [0.2, 0.25) is 0 Å². The molecule has 3 fully saturated rings. The summed E-state index contributed by atoms with van der Waals surface area (Å²) in [7, 11) is 0. The number of aliphatic hydroxyl groups is 1. The summed E-state index contributed by atoms with van der Waals surface area (Å²) >= 11 is 0. The molecule has 7 atom stereocenters. The summed E-state index contributed by atoms with van der Waals surface area (Å²) in [6.45, 7) is 6.59. The maximum atomic E-state index is 13.1. The highest BCUT2D eigenvalue weighted by Crippen LogP contribution is 2.62. The van der Waals surface area contributed by atoms with Gasteiger partial charge in [0, 0.05) is 5.92 Å². The Bertz CT molecular complexity index is 697. The molecule has 1 N–H and O–H groups in total. The van der Waals surface area contributed by atoms with E-state index in [9.17, 15) is 9.90 Å². The van der Waals surface area contributed by atoms with Crippen molar-refractivity contribution < 1.29 is 14.3 Å². The predicted octanol–water partition coefficient (Wildman–Crippen LogP) is 5.59. The molecule has 0 aromatic carbocycles. The van der Waals surface area contributed by atoms with Gasteiger partial charge in [-0.1, -0.05) is 26.7 Å². The third-order valence-corrected chi connectivity index (χ3v) is 8.84. The van der Waals surface area contributed by atoms with Crippen LogP contribution < -0.4 is 0 Å². The van der Waals surface area contributed by atoms with E-state index in [1.807, 2.05) is 6.92 Å². The fraction of sp³-hybridized carbons (Fsp3) is 0.840. The van der Waals surface area contributed by atoms with Crippen molar-refractivity contribution in [3.05, 3.63) is 18.4 Å². The average Bonchev–Trinajstić information content (AvgIpc) is 3.28. The molecule has 0 aliphatic heterocycles. The van der Waals surface area contributed by atoms with Crippen LogP contribution in [-0.2, 0) is 11.2 Å². The van der Waals surface area contributed by atoms with Crippen LogP contribution in [0.25, 0.3) is 0 Å². The molecular formula is C25H39NO3. The Morgan fingerprint density at radius 1 is 1.31 bits per heavy atom. The molecule has 3 aliphatic carbocycles. The highest BCUT2D eigenvalue weighted by atomic mass is 16.3. The third kappa shape index (κ3) is 4.19. The van der Waals surface area contributed by atoms with Gasteiger partial charge in [0.15, 0.2) is 0 Å². The van der Waals surface area contributed by atoms with Crippen LogP contribution in [0.1, 0.15) is 90.9 Å². The predicted molar refractivity (Wildman–Crippen MR) is 113 cm³/mol. The summed E-state index contributed by atoms with van der Waals surface area (Å²) in [6, 6.07) is 0. The van der Waals surface area contributed by atoms with Gasteiger partial charge in [-0.2, -0.15) is 0 Å². The number of rotatable bonds is 7. The number of hydrogen-bond donors (Lipinski definition) is 1. The molecule has 0 saturated heterocycles. The van der Waals surface area contributed by atoms with E-state index in [-0.39, 0.29) is 11.3 Å². The van der Waals surface area contributed by atoms with E-state index < -0.39 is 5.60 Å². The van der Waals surface area contributed by atoms with E-state index in [4.69, 9.17) is 4.42 Å². The minimum absolute atomic E-state index is 0.158. The molecule has 0 amide bonds. The second-order valence-electron chi connectivity index (χ2n) is 10.9. The van der Waals surface area contributed by atoms with Crippen LogP contribution in [0.3, 0.4) is 0 Å². The summed E-state index contributed by atoms with van der Waals surface area (Å²) in [5.74, 6) is 4.01. The van der Waals surface area contributed by atoms with Crippen LogP contribution in [0, 0.1) is 35.0 Å². The number of nitrogens with zero attached hydrogens (tertiary/aromatic N) is 1. The maximum absolute atomic E-state index is 13.1. The molecular weight excluding hydrogens is 362 g/mol. The lowest BCUT2D eigenvalue weighted by Crippen LogP contribution is -2.46. The Morgan fingerprint density at radius 3 is 2.86 bits per heavy atom. The molecule has 162 valence electrons. The van der Waals surface area contributed by atoms with E-state index in [0.717, 1.165) is 37.5 Å². The number of aromatic nitrogens is 1. The van der Waals surface area contributed by atoms with Crippen LogP contribution in [0.4, 0.5) is 0 Å². The van der Waals surface area contributed by atoms with Gasteiger partial charge in [0.1, 0.15) is 12.0 Å². The van der Waals surface area contributed by atoms with Gasteiger partial charge in [-0.05, 0) is 87.4 Å². The van der Waals surface area contributed by atoms with Gasteiger partial charge in [0.2, 0.25) is 5.89 Å². The standard InChI is InChI=1S/C25H39NO3/c1-4-10-24(2,28)16-17-5-6-19-18(14-17)9-11-25(3)20(19)7-8-21(25)22(27)15-23-26-12-13-29-23/h12-13,17-21,28H,4-11,14-16H2,1-3H3/t17-,18-,19-,20+,21-,24?,25+/m1/s1. The average molecular weight is 402 g/mol. The smallest absolute Gasteiger partial charge is 0.201 e. The summed E-state index contributed by atoms with van der Waals surface area (Å²) < 4.78 is 5.34. The van der Waals surface area contributed by atoms with Gasteiger partial charge in [-0.3, -0.25) is 4.79 Å². The van der Waals surface area contributed by atoms with Crippen LogP contribution in [0.15, 0.2) is 16.9 Å². The van der Waals surface area contributed by atoms with Gasteiger partial charge >= 0.3 is 0 Å². The number of fused-ring (bicyclic) bond motifs is 3. The van der Waals surface area contributed by atoms with Crippen molar-refractivity contribution in [2.45, 2.75) is 97.0 Å². The van der Waals surface area contributed by atoms with Crippen molar-refractivity contribution in [1.82, 2.24) is 4.98 Å². The zero-order chi connectivity index (χ0) is 20.6. The van der Waals surface area contributed by atoms with E-state index >= 15 is 0 Å². The minimum atomic E-state index is -0.500. The van der Waals surface area contributed by atoms with Crippen molar-refractivity contribution in [3.63, 3.8) is 0 Å². The molecule has 4 heteroatoms. The zero-order valence-electron chi connectivity index (χ0n) is 18.5. The lowest BCUT2D eigenvalue weighted by atomic mass is 9.53. The lowest BCUT2D eigenvalue weighted by molar-refractivity contribution is -0.128. The second kappa shape index (κ2) is 8.17. The summed E-state index contributed by atoms with van der Waals surface area (Å²) in [6.07, 6.45) is 15.0. The fourth-order valence-corrected chi connectivity index (χ4v) is 7.66. The first-order valence-electron chi connectivity index (χ1n) is 12.0. The highest BCUT2D eigenvalue weighted by Gasteiger charge is 2.56. The molecule has 4 nitrogen and oxygen atoms in total. The van der Waals surface area contributed by atoms with E-state index in [2.05, 4.69) is 18.8 Å². The molecule has 1 unspecified atom stereocenters. The molecule has 4 rings (SSSR count). The normalized spacial score (nSPS) is 38.8. The first-order valence-corrected chi connectivity index (χ1v) is 12.0. The molecule has 0 spiro atoms. The van der Waals surface area contributed by atoms with Crippen molar-refractivity contribution in [2.24, 2.45) is 35.0 Å². The van der Waals surface area contributed by atoms with Crippen molar-refractivity contribution in [1.29, 1.82) is 0 Å². The number of carbonyl (C=O) groups excluding carboxylic acids is 1. The molecule has 3 aliphatic rings. The minimum Gasteiger partial charge on any atom is -0.449 e. The summed E-state index contributed by atoms with van der Waals surface area (Å²) in [5.41, 5.74) is -0.342. The van der Waals surface area contributed by atoms with Crippen LogP contribution in [-0.4, -0.2) is 21.5 Å². The first kappa shape index (κ1) is 21.1. The number of oxazole rings is 1. The highest BCUT2D eigenvalue weighted by molar-refractivity contribution is 5.83. The van der Waals surface area contributed by atoms with Gasteiger partial charge in [0.25, 0.3) is 0 Å². The van der Waals surface area contributed by atoms with E-state index in [0.29, 0.717) is 29.9 Å². The second-order valence-corrected chi connectivity index (χ2v) is 10.9. The molecule has 1 heterocycles. The molecule has 0 bridgehead atoms. The Hall–Kier alpha value is -1.16. The van der Waals surface area contributed by atoms with Gasteiger partial charge in [-0.15, -0.1) is 0 Å². The van der Waals surface area contributed by atoms with E-state index in [1.165, 1.54) is 38.5 Å². The van der Waals surface area contributed by atoms with Gasteiger partial charge in [0.05, 0.1) is 18.2 Å². The van der Waals surface area contributed by atoms with E-state index in [1.54, 1.807) is 12.5 Å². The zero-order valence-corrected chi connectivity index (χ0v) is 18.5. The Kier molecular flexibility index (Phi) is 5.94. The molecule has 1 aromatic rings. The quantitative estimate of drug-likeness (QED) is 0.647. The maximum Gasteiger partial charge on any atom is 0.201 e. The molecule has 29 heavy (non-hydrogen) atoms. The van der Waals surface area contributed by atoms with Crippen LogP contribution in [0.5, 0.6) is 0 Å². The lowest BCUT2D eigenvalue weighted by Gasteiger charge is -2.52. The number of hydrogen-bond acceptors (Lipinski definition) is 4. The third-order valence-electron chi connectivity index (χ3n) is 8.84. The molecule has 1 aromatic heterocycles. The van der Waals surface area contributed by atoms with Crippen molar-refractivity contribution in [3.8, 4) is 0 Å². The SMILES string of the molecule is CCCC(C)(O)C[C@@H]1CC[C@@H]2[C@H](CC[C@]3(C)[C@@H](C(=O)Cc4ncco4)CC[C@@H]23)C1. The number of carbonyl (C=O) groups is 1. The largest absolute Gasteiger partial charge is 0.449 e. The van der Waals surface area contributed by atoms with Crippen molar-refractivity contribution in [2.75, 3.05) is 0 Å². The number of ketones is 1.